The predicted molar refractivity (Wildman–Crippen MR) is 596 cm³/mol. The van der Waals surface area contributed by atoms with Gasteiger partial charge in [0.05, 0.1) is 73.0 Å². The third kappa shape index (κ3) is 35.4. The molecule has 13 rings (SSSR count). The number of carbonyl (C=O) groups excluding carboxylic acids is 6. The van der Waals surface area contributed by atoms with E-state index < -0.39 is 0 Å². The molecule has 147 heavy (non-hydrogen) atoms. The Bertz CT molecular complexity index is 5990. The van der Waals surface area contributed by atoms with Crippen molar-refractivity contribution in [2.24, 2.45) is 0 Å². The Kier molecular flexibility index (Phi) is 48.5. The fourth-order valence-electron chi connectivity index (χ4n) is 16.1. The Morgan fingerprint density at radius 3 is 0.748 bits per heavy atom. The lowest BCUT2D eigenvalue weighted by molar-refractivity contribution is 0.0493. The number of carbonyl (C=O) groups is 6. The van der Waals surface area contributed by atoms with E-state index >= 15 is 0 Å². The van der Waals surface area contributed by atoms with E-state index in [4.69, 9.17) is 68.4 Å². The largest absolute Gasteiger partial charge is 0.489 e. The second kappa shape index (κ2) is 59.7. The second-order valence-electron chi connectivity index (χ2n) is 37.9. The number of hydrogen-bond acceptors (Lipinski definition) is 18. The third-order valence-corrected chi connectivity index (χ3v) is 27.0. The Morgan fingerprint density at radius 1 is 0.245 bits per heavy atom. The molecule has 0 bridgehead atoms. The van der Waals surface area contributed by atoms with Gasteiger partial charge in [-0.25, -0.2) is 28.8 Å². The monoisotopic (exact) mass is 2080 g/mol. The quantitative estimate of drug-likeness (QED) is 0.0260. The molecule has 0 spiro atoms. The van der Waals surface area contributed by atoms with E-state index in [1.807, 2.05) is 176 Å². The van der Waals surface area contributed by atoms with Crippen molar-refractivity contribution in [3.8, 4) is 34.5 Å². The first kappa shape index (κ1) is 119. The first-order valence-electron chi connectivity index (χ1n) is 51.4. The molecule has 18 nitrogen and oxygen atoms in total. The van der Waals surface area contributed by atoms with Gasteiger partial charge in [-0.05, 0) is 410 Å². The van der Waals surface area contributed by atoms with E-state index in [9.17, 15) is 28.8 Å². The van der Waals surface area contributed by atoms with Gasteiger partial charge in [0.15, 0.2) is 0 Å². The number of aryl methyl sites for hydroxylation is 21. The minimum Gasteiger partial charge on any atom is -0.489 e. The molecule has 0 unspecified atom stereocenters. The number of ether oxygens (including phenoxy) is 12. The number of halogens is 2. The van der Waals surface area contributed by atoms with Crippen molar-refractivity contribution in [2.45, 2.75) is 290 Å². The summed E-state index contributed by atoms with van der Waals surface area (Å²) in [5, 5.41) is 0.502. The van der Waals surface area contributed by atoms with Crippen LogP contribution >= 0.6 is 27.5 Å². The lowest BCUT2D eigenvalue weighted by Gasteiger charge is -2.17. The van der Waals surface area contributed by atoms with Crippen LogP contribution in [-0.4, -0.2) is 75.5 Å². The molecular weight excluding hydrogens is 1930 g/mol. The maximum absolute atomic E-state index is 12.5. The average molecular weight is 2080 g/mol. The summed E-state index contributed by atoms with van der Waals surface area (Å²) in [4.78, 5) is 73.9. The molecule has 784 valence electrons. The normalized spacial score (nSPS) is 11.1. The zero-order valence-corrected chi connectivity index (χ0v) is 94.2. The predicted octanol–water partition coefficient (Wildman–Crippen LogP) is 32.0. The van der Waals surface area contributed by atoms with Crippen molar-refractivity contribution in [3.63, 3.8) is 0 Å². The molecule has 1 aliphatic rings. The van der Waals surface area contributed by atoms with Gasteiger partial charge in [0.2, 0.25) is 0 Å². The summed E-state index contributed by atoms with van der Waals surface area (Å²) in [5.41, 5.74) is 34.1. The Hall–Kier alpha value is -13.0. The van der Waals surface area contributed by atoms with E-state index in [1.54, 1.807) is 36.4 Å². The van der Waals surface area contributed by atoms with Crippen LogP contribution in [0.2, 0.25) is 5.02 Å². The van der Waals surface area contributed by atoms with E-state index in [0.29, 0.717) is 123 Å². The van der Waals surface area contributed by atoms with E-state index in [0.717, 1.165) is 167 Å². The Morgan fingerprint density at radius 2 is 0.463 bits per heavy atom. The van der Waals surface area contributed by atoms with Crippen LogP contribution in [0, 0.1) is 138 Å². The van der Waals surface area contributed by atoms with Crippen LogP contribution < -0.4 is 28.4 Å². The summed E-state index contributed by atoms with van der Waals surface area (Å²) in [5.74, 6) is 3.88. The topological polar surface area (TPSA) is 213 Å². The summed E-state index contributed by atoms with van der Waals surface area (Å²) in [7, 11) is 0. The number of rotatable bonds is 38. The summed E-state index contributed by atoms with van der Waals surface area (Å²) in [6, 6.07) is 58.8. The van der Waals surface area contributed by atoms with E-state index in [-0.39, 0.29) is 42.4 Å². The molecule has 1 fully saturated rings. The van der Waals surface area contributed by atoms with Crippen molar-refractivity contribution in [1.29, 1.82) is 0 Å². The minimum atomic E-state index is -0.366. The molecular formula is C127H154BrClO18. The zero-order valence-electron chi connectivity index (χ0n) is 91.9. The highest BCUT2D eigenvalue weighted by Gasteiger charge is 2.30. The maximum atomic E-state index is 12.5. The third-order valence-electron chi connectivity index (χ3n) is 25.9. The van der Waals surface area contributed by atoms with Crippen molar-refractivity contribution >= 4 is 63.3 Å². The fourth-order valence-corrected chi connectivity index (χ4v) is 16.8. The van der Waals surface area contributed by atoms with Crippen LogP contribution in [0.1, 0.15) is 324 Å². The van der Waals surface area contributed by atoms with Crippen molar-refractivity contribution in [1.82, 2.24) is 0 Å². The van der Waals surface area contributed by atoms with Gasteiger partial charge >= 0.3 is 35.8 Å². The van der Waals surface area contributed by atoms with Gasteiger partial charge in [0, 0.05) is 42.9 Å². The van der Waals surface area contributed by atoms with Crippen LogP contribution in [0.5, 0.6) is 34.5 Å². The molecule has 0 atom stereocenters. The molecule has 0 aromatic heterocycles. The van der Waals surface area contributed by atoms with E-state index in [1.165, 1.54) is 79.6 Å². The van der Waals surface area contributed by atoms with Crippen LogP contribution in [0.25, 0.3) is 0 Å². The minimum absolute atomic E-state index is 0.222. The molecule has 0 amide bonds. The lowest BCUT2D eigenvalue weighted by Crippen LogP contribution is -2.13. The number of benzene rings is 12. The highest BCUT2D eigenvalue weighted by Crippen LogP contribution is 2.44. The van der Waals surface area contributed by atoms with Crippen LogP contribution in [0.15, 0.2) is 186 Å². The van der Waals surface area contributed by atoms with Gasteiger partial charge in [-0.3, -0.25) is 0 Å². The van der Waals surface area contributed by atoms with E-state index in [2.05, 4.69) is 173 Å². The van der Waals surface area contributed by atoms with Gasteiger partial charge in [-0.2, -0.15) is 0 Å². The van der Waals surface area contributed by atoms with Crippen LogP contribution in [0.3, 0.4) is 0 Å². The number of esters is 6. The van der Waals surface area contributed by atoms with Gasteiger partial charge in [-0.1, -0.05) is 173 Å². The molecule has 0 aliphatic heterocycles. The molecule has 0 N–H and O–H groups in total. The molecule has 0 heterocycles. The fraction of sp³-hybridized carbons (Fsp3) is 0.386. The Labute approximate surface area is 888 Å². The highest BCUT2D eigenvalue weighted by atomic mass is 79.9. The summed E-state index contributed by atoms with van der Waals surface area (Å²) in [6.07, 6.45) is 8.05. The van der Waals surface area contributed by atoms with Gasteiger partial charge in [0.25, 0.3) is 0 Å². The molecule has 1 aliphatic carbocycles. The maximum Gasteiger partial charge on any atom is 0.338 e. The summed E-state index contributed by atoms with van der Waals surface area (Å²) in [6.45, 7) is 59.7. The lowest BCUT2D eigenvalue weighted by atomic mass is 9.98. The Balaban J connectivity index is 0.000000215. The van der Waals surface area contributed by atoms with Gasteiger partial charge in [-0.15, -0.1) is 0 Å². The number of hydrogen-bond donors (Lipinski definition) is 0. The molecule has 0 saturated heterocycles. The SMILES string of the molecule is CCCOC(=O)c1cccc(Br)c1COc1cc(C)c(C)cc1C.CCCOC(=O)c1cccc(C)c1COc1cc(C)c(C)cc1C.CCCOC(=O)c1cccc(C)c1COc1cc(C)c(C)cc1C.CCCOC(=O)c1cccc(C2CC2)c1COc1cc(C)c(C)cc1C.CCCOC(=O)c1cccc(CC)c1COc1cc(C)c(C)cc1C.CCCOC(=O)c1cccc(Cl)c1COc1cc(C)c(C)cc1C. The molecule has 12 aromatic rings. The van der Waals surface area contributed by atoms with Crippen molar-refractivity contribution in [3.05, 3.63) is 381 Å². The average Bonchev–Trinajstić information content (AvgIpc) is 1.68. The molecule has 1 saturated carbocycles. The smallest absolute Gasteiger partial charge is 0.338 e. The first-order chi connectivity index (χ1) is 70.2. The highest BCUT2D eigenvalue weighted by molar-refractivity contribution is 9.10. The first-order valence-corrected chi connectivity index (χ1v) is 52.6. The zero-order chi connectivity index (χ0) is 108. The van der Waals surface area contributed by atoms with Gasteiger partial charge in [0.1, 0.15) is 74.1 Å². The summed E-state index contributed by atoms with van der Waals surface area (Å²) >= 11 is 9.80. The second-order valence-corrected chi connectivity index (χ2v) is 39.2. The molecule has 20 heteroatoms. The summed E-state index contributed by atoms with van der Waals surface area (Å²) < 4.78 is 68.9. The standard InChI is InChI=1S/C23H28O3.C22H28O3.2C21H26O3.C20H23BrO3.C20H23ClO3/c1-5-11-25-23(24)20-8-6-7-19(18-9-10-18)21(20)14-26-22-13-16(3)15(2)12-17(22)4;1-6-11-24-22(23)19-10-8-9-18(7-2)20(19)14-25-21-13-16(4)15(3)12-17(21)5;2*1-6-10-23-21(22)18-9-7-8-14(2)19(18)13-24-20-12-16(4)15(3)11-17(20)5;2*1-5-9-23-20(22)16-7-6-8-18(21)17(16)12-24-19-11-14(3)13(2)10-15(19)4/h6-8,12-13,18H,5,9-11,14H2,1-4H3;8-10,12-13H,6-7,11,14H2,1-5H3;2*7-9,11-12H,6,10,13H2,1-5H3;2*6-8,10-11H,5,9,12H2,1-4H3. The van der Waals surface area contributed by atoms with Crippen molar-refractivity contribution < 1.29 is 85.6 Å². The van der Waals surface area contributed by atoms with Gasteiger partial charge < -0.3 is 56.8 Å². The molecule has 12 aromatic carbocycles. The van der Waals surface area contributed by atoms with Crippen molar-refractivity contribution in [2.75, 3.05) is 39.6 Å². The van der Waals surface area contributed by atoms with Crippen LogP contribution in [-0.2, 0) is 74.5 Å². The molecule has 0 radical (unpaired) electrons. The van der Waals surface area contributed by atoms with Crippen LogP contribution in [0.4, 0.5) is 0 Å².